The van der Waals surface area contributed by atoms with Crippen molar-refractivity contribution in [2.75, 3.05) is 13.2 Å². The van der Waals surface area contributed by atoms with E-state index in [2.05, 4.69) is 24.3 Å². The molecule has 0 saturated heterocycles. The topological polar surface area (TPSA) is 67.2 Å². The Kier molecular flexibility index (Phi) is 6.35. The van der Waals surface area contributed by atoms with Crippen LogP contribution in [0.1, 0.15) is 37.0 Å². The zero-order valence-corrected chi connectivity index (χ0v) is 13.8. The molecule has 0 aliphatic rings. The summed E-state index contributed by atoms with van der Waals surface area (Å²) in [4.78, 5) is 12.2. The fraction of sp³-hybridized carbons (Fsp3) is 0.444. The fourth-order valence-electron chi connectivity index (χ4n) is 2.68. The minimum Gasteiger partial charge on any atom is -0.396 e. The van der Waals surface area contributed by atoms with E-state index in [0.717, 1.165) is 18.5 Å². The number of benzene rings is 1. The van der Waals surface area contributed by atoms with Crippen molar-refractivity contribution in [3.8, 4) is 5.69 Å². The van der Waals surface area contributed by atoms with E-state index in [4.69, 9.17) is 5.11 Å². The number of hydrogen-bond donors (Lipinski definition) is 2. The first-order valence-electron chi connectivity index (χ1n) is 8.09. The molecule has 0 radical (unpaired) electrons. The van der Waals surface area contributed by atoms with E-state index in [1.807, 2.05) is 24.4 Å². The highest BCUT2D eigenvalue weighted by atomic mass is 16.3. The van der Waals surface area contributed by atoms with Crippen molar-refractivity contribution in [2.24, 2.45) is 11.8 Å². The molecule has 2 aromatic rings. The Bertz CT molecular complexity index is 591. The second-order valence-electron chi connectivity index (χ2n) is 6.22. The first kappa shape index (κ1) is 17.2. The van der Waals surface area contributed by atoms with Gasteiger partial charge in [-0.3, -0.25) is 4.79 Å². The van der Waals surface area contributed by atoms with Crippen molar-refractivity contribution >= 4 is 5.91 Å². The number of carbonyl (C=O) groups is 1. The van der Waals surface area contributed by atoms with Gasteiger partial charge in [-0.1, -0.05) is 13.8 Å². The summed E-state index contributed by atoms with van der Waals surface area (Å²) in [6.07, 6.45) is 5.30. The molecule has 2 rings (SSSR count). The molecule has 5 nitrogen and oxygen atoms in total. The van der Waals surface area contributed by atoms with E-state index in [1.54, 1.807) is 23.0 Å². The number of hydrogen-bond acceptors (Lipinski definition) is 3. The third-order valence-corrected chi connectivity index (χ3v) is 3.79. The predicted molar refractivity (Wildman–Crippen MR) is 90.5 cm³/mol. The van der Waals surface area contributed by atoms with Crippen LogP contribution in [0.2, 0.25) is 0 Å². The third kappa shape index (κ3) is 5.21. The average Bonchev–Trinajstić information content (AvgIpc) is 3.06. The molecule has 5 heteroatoms. The molecule has 0 aliphatic heterocycles. The molecule has 0 saturated carbocycles. The van der Waals surface area contributed by atoms with Crippen molar-refractivity contribution in [1.82, 2.24) is 15.1 Å². The summed E-state index contributed by atoms with van der Waals surface area (Å²) in [6, 6.07) is 9.21. The Morgan fingerprint density at radius 1 is 1.30 bits per heavy atom. The van der Waals surface area contributed by atoms with Crippen molar-refractivity contribution in [3.63, 3.8) is 0 Å². The Balaban J connectivity index is 1.92. The van der Waals surface area contributed by atoms with Crippen molar-refractivity contribution in [2.45, 2.75) is 26.7 Å². The standard InChI is InChI=1S/C18H25N3O2/c1-14(2)12-15(8-11-22)13-19-18(23)16-4-6-17(7-5-16)21-10-3-9-20-21/h3-7,9-10,14-15,22H,8,11-13H2,1-2H3,(H,19,23). The quantitative estimate of drug-likeness (QED) is 0.787. The van der Waals surface area contributed by atoms with Gasteiger partial charge in [-0.25, -0.2) is 4.68 Å². The monoisotopic (exact) mass is 315 g/mol. The first-order chi connectivity index (χ1) is 11.1. The molecule has 2 N–H and O–H groups in total. The number of carbonyl (C=O) groups excluding carboxylic acids is 1. The lowest BCUT2D eigenvalue weighted by atomic mass is 9.94. The molecule has 1 unspecified atom stereocenters. The van der Waals surface area contributed by atoms with Crippen LogP contribution in [0.25, 0.3) is 5.69 Å². The summed E-state index contributed by atoms with van der Waals surface area (Å²) in [5.41, 5.74) is 1.55. The van der Waals surface area contributed by atoms with Crippen molar-refractivity contribution in [3.05, 3.63) is 48.3 Å². The molecule has 0 spiro atoms. The summed E-state index contributed by atoms with van der Waals surface area (Å²) < 4.78 is 1.75. The van der Waals surface area contributed by atoms with Gasteiger partial charge in [0.1, 0.15) is 0 Å². The van der Waals surface area contributed by atoms with Crippen LogP contribution in [0, 0.1) is 11.8 Å². The predicted octanol–water partition coefficient (Wildman–Crippen LogP) is 2.65. The third-order valence-electron chi connectivity index (χ3n) is 3.79. The van der Waals surface area contributed by atoms with E-state index < -0.39 is 0 Å². The smallest absolute Gasteiger partial charge is 0.251 e. The molecule has 0 fully saturated rings. The number of rotatable bonds is 8. The summed E-state index contributed by atoms with van der Waals surface area (Å²) >= 11 is 0. The van der Waals surface area contributed by atoms with Gasteiger partial charge in [0.05, 0.1) is 5.69 Å². The molecule has 1 heterocycles. The first-order valence-corrected chi connectivity index (χ1v) is 8.09. The lowest BCUT2D eigenvalue weighted by molar-refractivity contribution is 0.0941. The van der Waals surface area contributed by atoms with Crippen LogP contribution in [0.15, 0.2) is 42.7 Å². The molecule has 0 bridgehead atoms. The van der Waals surface area contributed by atoms with Crippen LogP contribution >= 0.6 is 0 Å². The Morgan fingerprint density at radius 2 is 2.04 bits per heavy atom. The molecule has 1 aromatic heterocycles. The van der Waals surface area contributed by atoms with Crippen LogP contribution in [0.5, 0.6) is 0 Å². The lowest BCUT2D eigenvalue weighted by Gasteiger charge is -2.18. The maximum Gasteiger partial charge on any atom is 0.251 e. The maximum atomic E-state index is 12.2. The molecule has 1 aromatic carbocycles. The number of aliphatic hydroxyl groups is 1. The number of amides is 1. The van der Waals surface area contributed by atoms with E-state index >= 15 is 0 Å². The van der Waals surface area contributed by atoms with Crippen molar-refractivity contribution < 1.29 is 9.90 Å². The average molecular weight is 315 g/mol. The largest absolute Gasteiger partial charge is 0.396 e. The second-order valence-corrected chi connectivity index (χ2v) is 6.22. The van der Waals surface area contributed by atoms with Gasteiger partial charge in [-0.05, 0) is 55.0 Å². The Labute approximate surface area is 137 Å². The molecule has 1 atom stereocenters. The molecular formula is C18H25N3O2. The van der Waals surface area contributed by atoms with Crippen LogP contribution in [-0.4, -0.2) is 33.9 Å². The van der Waals surface area contributed by atoms with Gasteiger partial charge in [0, 0.05) is 31.1 Å². The Hall–Kier alpha value is -2.14. The van der Waals surface area contributed by atoms with Gasteiger partial charge < -0.3 is 10.4 Å². The van der Waals surface area contributed by atoms with Crippen molar-refractivity contribution in [1.29, 1.82) is 0 Å². The lowest BCUT2D eigenvalue weighted by Crippen LogP contribution is -2.30. The van der Waals surface area contributed by atoms with Crippen LogP contribution in [-0.2, 0) is 0 Å². The van der Waals surface area contributed by atoms with Crippen LogP contribution in [0.4, 0.5) is 0 Å². The van der Waals surface area contributed by atoms with Gasteiger partial charge >= 0.3 is 0 Å². The van der Waals surface area contributed by atoms with Gasteiger partial charge in [0.2, 0.25) is 0 Å². The Morgan fingerprint density at radius 3 is 2.61 bits per heavy atom. The molecule has 23 heavy (non-hydrogen) atoms. The van der Waals surface area contributed by atoms with E-state index in [-0.39, 0.29) is 12.5 Å². The van der Waals surface area contributed by atoms with E-state index in [0.29, 0.717) is 23.9 Å². The summed E-state index contributed by atoms with van der Waals surface area (Å²) in [5, 5.41) is 16.3. The number of aliphatic hydroxyl groups excluding tert-OH is 1. The SMILES string of the molecule is CC(C)CC(CCO)CNC(=O)c1ccc(-n2cccn2)cc1. The zero-order valence-electron chi connectivity index (χ0n) is 13.8. The number of nitrogens with zero attached hydrogens (tertiary/aromatic N) is 2. The highest BCUT2D eigenvalue weighted by Crippen LogP contribution is 2.15. The van der Waals surface area contributed by atoms with E-state index in [1.165, 1.54) is 0 Å². The maximum absolute atomic E-state index is 12.2. The number of nitrogens with one attached hydrogen (secondary N) is 1. The highest BCUT2D eigenvalue weighted by Gasteiger charge is 2.13. The minimum atomic E-state index is -0.0799. The zero-order chi connectivity index (χ0) is 16.7. The normalized spacial score (nSPS) is 12.3. The fourth-order valence-corrected chi connectivity index (χ4v) is 2.68. The highest BCUT2D eigenvalue weighted by molar-refractivity contribution is 5.94. The summed E-state index contributed by atoms with van der Waals surface area (Å²) in [6.45, 7) is 5.06. The van der Waals surface area contributed by atoms with Crippen LogP contribution in [0.3, 0.4) is 0 Å². The minimum absolute atomic E-state index is 0.0799. The molecule has 124 valence electrons. The van der Waals surface area contributed by atoms with Gasteiger partial charge in [0.25, 0.3) is 5.91 Å². The van der Waals surface area contributed by atoms with E-state index in [9.17, 15) is 4.79 Å². The molecular weight excluding hydrogens is 290 g/mol. The summed E-state index contributed by atoms with van der Waals surface area (Å²) in [5.74, 6) is 0.785. The summed E-state index contributed by atoms with van der Waals surface area (Å²) in [7, 11) is 0. The van der Waals surface area contributed by atoms with Crippen LogP contribution < -0.4 is 5.32 Å². The van der Waals surface area contributed by atoms with Gasteiger partial charge in [0.15, 0.2) is 0 Å². The molecule has 1 amide bonds. The van der Waals surface area contributed by atoms with Gasteiger partial charge in [-0.2, -0.15) is 5.10 Å². The number of aromatic nitrogens is 2. The van der Waals surface area contributed by atoms with Gasteiger partial charge in [-0.15, -0.1) is 0 Å². The molecule has 0 aliphatic carbocycles. The second kappa shape index (κ2) is 8.48.